The summed E-state index contributed by atoms with van der Waals surface area (Å²) >= 11 is 0. The van der Waals surface area contributed by atoms with Crippen LogP contribution in [0.1, 0.15) is 36.7 Å². The zero-order valence-corrected chi connectivity index (χ0v) is 13.5. The summed E-state index contributed by atoms with van der Waals surface area (Å²) in [5, 5.41) is 2.44. The van der Waals surface area contributed by atoms with Gasteiger partial charge in [0.15, 0.2) is 0 Å². The second-order valence-corrected chi connectivity index (χ2v) is 6.56. The third-order valence-corrected chi connectivity index (χ3v) is 4.90. The van der Waals surface area contributed by atoms with Crippen LogP contribution >= 0.6 is 0 Å². The maximum Gasteiger partial charge on any atom is 0.258 e. The van der Waals surface area contributed by atoms with E-state index in [-0.39, 0.29) is 11.8 Å². The number of piperazine rings is 1. The van der Waals surface area contributed by atoms with Gasteiger partial charge in [-0.1, -0.05) is 6.92 Å². The fraction of sp³-hybridized carbons (Fsp3) is 0.529. The zero-order valence-electron chi connectivity index (χ0n) is 13.5. The van der Waals surface area contributed by atoms with Gasteiger partial charge in [0.1, 0.15) is 0 Å². The van der Waals surface area contributed by atoms with Crippen molar-refractivity contribution in [3.63, 3.8) is 0 Å². The molecule has 0 spiro atoms. The SMILES string of the molecule is CCN1CCN(c2ccc3c(c2)C(C)(C)C(=O)NC3=O)CC1. The third-order valence-electron chi connectivity index (χ3n) is 4.90. The molecule has 0 unspecified atom stereocenters. The first-order valence-corrected chi connectivity index (χ1v) is 7.91. The Labute approximate surface area is 131 Å². The Morgan fingerprint density at radius 1 is 1.14 bits per heavy atom. The first-order chi connectivity index (χ1) is 10.4. The molecule has 2 amide bonds. The Bertz CT molecular complexity index is 616. The van der Waals surface area contributed by atoms with E-state index in [1.165, 1.54) is 0 Å². The van der Waals surface area contributed by atoms with Gasteiger partial charge in [0, 0.05) is 37.4 Å². The molecule has 1 aromatic carbocycles. The van der Waals surface area contributed by atoms with Gasteiger partial charge in [-0.2, -0.15) is 0 Å². The molecule has 0 bridgehead atoms. The van der Waals surface area contributed by atoms with Crippen LogP contribution in [0.2, 0.25) is 0 Å². The Hall–Kier alpha value is -1.88. The molecule has 2 heterocycles. The molecule has 2 aliphatic rings. The summed E-state index contributed by atoms with van der Waals surface area (Å²) in [5.74, 6) is -0.514. The lowest BCUT2D eigenvalue weighted by Gasteiger charge is -2.37. The third kappa shape index (κ3) is 2.39. The lowest BCUT2D eigenvalue weighted by atomic mass is 9.78. The van der Waals surface area contributed by atoms with Crippen molar-refractivity contribution in [1.82, 2.24) is 10.2 Å². The molecule has 0 saturated carbocycles. The highest BCUT2D eigenvalue weighted by Crippen LogP contribution is 2.33. The van der Waals surface area contributed by atoms with E-state index < -0.39 is 5.41 Å². The average molecular weight is 301 g/mol. The molecule has 2 aliphatic heterocycles. The van der Waals surface area contributed by atoms with Gasteiger partial charge in [-0.3, -0.25) is 14.9 Å². The molecule has 1 aromatic rings. The maximum absolute atomic E-state index is 12.1. The zero-order chi connectivity index (χ0) is 15.9. The number of anilines is 1. The fourth-order valence-corrected chi connectivity index (χ4v) is 3.22. The van der Waals surface area contributed by atoms with E-state index in [0.717, 1.165) is 44.0 Å². The number of carbonyl (C=O) groups is 2. The molecule has 1 saturated heterocycles. The molecular formula is C17H23N3O2. The number of amides is 2. The van der Waals surface area contributed by atoms with E-state index in [4.69, 9.17) is 0 Å². The number of hydrogen-bond donors (Lipinski definition) is 1. The normalized spacial score (nSPS) is 21.5. The van der Waals surface area contributed by atoms with E-state index in [0.29, 0.717) is 5.56 Å². The number of benzene rings is 1. The Morgan fingerprint density at radius 3 is 2.45 bits per heavy atom. The summed E-state index contributed by atoms with van der Waals surface area (Å²) in [4.78, 5) is 28.9. The predicted molar refractivity (Wildman–Crippen MR) is 86.3 cm³/mol. The minimum absolute atomic E-state index is 0.224. The predicted octanol–water partition coefficient (Wildman–Crippen LogP) is 1.38. The second-order valence-electron chi connectivity index (χ2n) is 6.56. The molecule has 5 nitrogen and oxygen atoms in total. The summed E-state index contributed by atoms with van der Waals surface area (Å²) in [5.41, 5.74) is 1.87. The second kappa shape index (κ2) is 5.39. The van der Waals surface area contributed by atoms with E-state index in [1.54, 1.807) is 0 Å². The highest BCUT2D eigenvalue weighted by molar-refractivity contribution is 6.13. The quantitative estimate of drug-likeness (QED) is 0.839. The van der Waals surface area contributed by atoms with Crippen molar-refractivity contribution in [1.29, 1.82) is 0 Å². The lowest BCUT2D eigenvalue weighted by molar-refractivity contribution is -0.125. The van der Waals surface area contributed by atoms with Crippen molar-refractivity contribution in [3.05, 3.63) is 29.3 Å². The molecule has 0 atom stereocenters. The van der Waals surface area contributed by atoms with Crippen LogP contribution in [0.3, 0.4) is 0 Å². The number of nitrogens with one attached hydrogen (secondary N) is 1. The van der Waals surface area contributed by atoms with Gasteiger partial charge in [-0.25, -0.2) is 0 Å². The van der Waals surface area contributed by atoms with Gasteiger partial charge in [-0.15, -0.1) is 0 Å². The first-order valence-electron chi connectivity index (χ1n) is 7.91. The summed E-state index contributed by atoms with van der Waals surface area (Å²) in [6.45, 7) is 11.1. The number of hydrogen-bond acceptors (Lipinski definition) is 4. The topological polar surface area (TPSA) is 52.6 Å². The summed E-state index contributed by atoms with van der Waals surface area (Å²) in [6.07, 6.45) is 0. The largest absolute Gasteiger partial charge is 0.369 e. The molecule has 1 N–H and O–H groups in total. The molecule has 1 fully saturated rings. The number of fused-ring (bicyclic) bond motifs is 1. The minimum Gasteiger partial charge on any atom is -0.369 e. The lowest BCUT2D eigenvalue weighted by Crippen LogP contribution is -2.49. The standard InChI is InChI=1S/C17H23N3O2/c1-4-19-7-9-20(10-8-19)12-5-6-13-14(11-12)17(2,3)16(22)18-15(13)21/h5-6,11H,4,7-10H2,1-3H3,(H,18,21,22). The van der Waals surface area contributed by atoms with Crippen molar-refractivity contribution in [2.45, 2.75) is 26.2 Å². The van der Waals surface area contributed by atoms with Crippen molar-refractivity contribution < 1.29 is 9.59 Å². The Kier molecular flexibility index (Phi) is 3.68. The number of imide groups is 1. The first kappa shape index (κ1) is 15.0. The minimum atomic E-state index is -0.676. The number of likely N-dealkylation sites (N-methyl/N-ethyl adjacent to an activating group) is 1. The Balaban J connectivity index is 1.92. The van der Waals surface area contributed by atoms with Crippen molar-refractivity contribution in [2.24, 2.45) is 0 Å². The monoisotopic (exact) mass is 301 g/mol. The molecule has 118 valence electrons. The molecule has 5 heteroatoms. The van der Waals surface area contributed by atoms with Crippen LogP contribution in [-0.2, 0) is 10.2 Å². The van der Waals surface area contributed by atoms with E-state index in [2.05, 4.69) is 22.0 Å². The summed E-state index contributed by atoms with van der Waals surface area (Å²) in [7, 11) is 0. The number of carbonyl (C=O) groups excluding carboxylic acids is 2. The number of rotatable bonds is 2. The van der Waals surface area contributed by atoms with Crippen LogP contribution in [0, 0.1) is 0 Å². The van der Waals surface area contributed by atoms with E-state index in [9.17, 15) is 9.59 Å². The molecule has 22 heavy (non-hydrogen) atoms. The van der Waals surface area contributed by atoms with Gasteiger partial charge in [-0.05, 0) is 44.2 Å². The van der Waals surface area contributed by atoms with E-state index in [1.807, 2.05) is 32.0 Å². The smallest absolute Gasteiger partial charge is 0.258 e. The van der Waals surface area contributed by atoms with Gasteiger partial charge in [0.2, 0.25) is 5.91 Å². The van der Waals surface area contributed by atoms with Crippen molar-refractivity contribution in [3.8, 4) is 0 Å². The van der Waals surface area contributed by atoms with E-state index >= 15 is 0 Å². The molecule has 0 aliphatic carbocycles. The molecule has 3 rings (SSSR count). The Morgan fingerprint density at radius 2 is 1.82 bits per heavy atom. The summed E-state index contributed by atoms with van der Waals surface area (Å²) < 4.78 is 0. The molecule has 0 aromatic heterocycles. The maximum atomic E-state index is 12.1. The number of nitrogens with zero attached hydrogens (tertiary/aromatic N) is 2. The highest BCUT2D eigenvalue weighted by atomic mass is 16.2. The van der Waals surface area contributed by atoms with Gasteiger partial charge in [0.05, 0.1) is 5.41 Å². The fourth-order valence-electron chi connectivity index (χ4n) is 3.22. The van der Waals surface area contributed by atoms with Gasteiger partial charge in [0.25, 0.3) is 5.91 Å². The van der Waals surface area contributed by atoms with Crippen LogP contribution in [0.4, 0.5) is 5.69 Å². The van der Waals surface area contributed by atoms with Crippen molar-refractivity contribution in [2.75, 3.05) is 37.6 Å². The average Bonchev–Trinajstić information content (AvgIpc) is 2.53. The van der Waals surface area contributed by atoms with Crippen LogP contribution < -0.4 is 10.2 Å². The van der Waals surface area contributed by atoms with Gasteiger partial charge < -0.3 is 9.80 Å². The van der Waals surface area contributed by atoms with Crippen molar-refractivity contribution >= 4 is 17.5 Å². The molecule has 0 radical (unpaired) electrons. The van der Waals surface area contributed by atoms with Crippen LogP contribution in [0.25, 0.3) is 0 Å². The highest BCUT2D eigenvalue weighted by Gasteiger charge is 2.39. The molecular weight excluding hydrogens is 278 g/mol. The van der Waals surface area contributed by atoms with Crippen LogP contribution in [0.15, 0.2) is 18.2 Å². The van der Waals surface area contributed by atoms with Crippen LogP contribution in [-0.4, -0.2) is 49.4 Å². The summed E-state index contributed by atoms with van der Waals surface area (Å²) in [6, 6.07) is 5.86. The van der Waals surface area contributed by atoms with Gasteiger partial charge >= 0.3 is 0 Å². The van der Waals surface area contributed by atoms with Crippen LogP contribution in [0.5, 0.6) is 0 Å².